The van der Waals surface area contributed by atoms with Crippen LogP contribution >= 0.6 is 0 Å². The molecule has 2 aliphatic rings. The highest BCUT2D eigenvalue weighted by Gasteiger charge is 2.43. The van der Waals surface area contributed by atoms with Crippen LogP contribution in [-0.4, -0.2) is 29.6 Å². The Balaban J connectivity index is 2.07. The normalized spacial score (nSPS) is 31.4. The first-order chi connectivity index (χ1) is 8.04. The molecule has 1 aliphatic heterocycles. The van der Waals surface area contributed by atoms with Crippen molar-refractivity contribution in [1.82, 2.24) is 10.2 Å². The van der Waals surface area contributed by atoms with E-state index in [2.05, 4.69) is 37.9 Å². The van der Waals surface area contributed by atoms with Gasteiger partial charge in [-0.05, 0) is 30.6 Å². The molecule has 98 valence electrons. The molecule has 0 aromatic heterocycles. The van der Waals surface area contributed by atoms with Crippen LogP contribution in [0.1, 0.15) is 47.0 Å². The van der Waals surface area contributed by atoms with E-state index < -0.39 is 0 Å². The molecule has 1 amide bonds. The van der Waals surface area contributed by atoms with E-state index in [1.165, 1.54) is 12.8 Å². The summed E-state index contributed by atoms with van der Waals surface area (Å²) in [7, 11) is 0. The van der Waals surface area contributed by atoms with Gasteiger partial charge in [0.15, 0.2) is 0 Å². The minimum Gasteiger partial charge on any atom is -0.325 e. The van der Waals surface area contributed by atoms with Crippen LogP contribution in [0.25, 0.3) is 0 Å². The van der Waals surface area contributed by atoms with Crippen LogP contribution in [-0.2, 0) is 4.79 Å². The number of nitrogens with one attached hydrogen (secondary N) is 1. The zero-order valence-corrected chi connectivity index (χ0v) is 11.6. The lowest BCUT2D eigenvalue weighted by atomic mass is 9.99. The van der Waals surface area contributed by atoms with Crippen molar-refractivity contribution in [2.75, 3.05) is 6.54 Å². The first kappa shape index (κ1) is 12.9. The Bertz CT molecular complexity index is 286. The summed E-state index contributed by atoms with van der Waals surface area (Å²) in [6, 6.07) is 0.0474. The highest BCUT2D eigenvalue weighted by Crippen LogP contribution is 2.33. The number of hydrogen-bond donors (Lipinski definition) is 1. The Morgan fingerprint density at radius 2 is 2.00 bits per heavy atom. The van der Waals surface area contributed by atoms with Gasteiger partial charge in [0.05, 0.1) is 12.2 Å². The Hall–Kier alpha value is -0.570. The summed E-state index contributed by atoms with van der Waals surface area (Å²) in [6.45, 7) is 9.70. The zero-order chi connectivity index (χ0) is 12.6. The molecule has 1 saturated carbocycles. The molecule has 2 fully saturated rings. The molecule has 0 aromatic rings. The second kappa shape index (κ2) is 4.97. The fourth-order valence-corrected chi connectivity index (χ4v) is 2.64. The van der Waals surface area contributed by atoms with Crippen molar-refractivity contribution < 1.29 is 4.79 Å². The number of amides is 1. The molecule has 3 nitrogen and oxygen atoms in total. The smallest absolute Gasteiger partial charge is 0.241 e. The summed E-state index contributed by atoms with van der Waals surface area (Å²) in [4.78, 5) is 14.6. The highest BCUT2D eigenvalue weighted by molar-refractivity contribution is 5.84. The van der Waals surface area contributed by atoms with Crippen molar-refractivity contribution in [1.29, 1.82) is 0 Å². The quantitative estimate of drug-likeness (QED) is 0.796. The van der Waals surface area contributed by atoms with Crippen LogP contribution in [0.5, 0.6) is 0 Å². The molecule has 1 aliphatic carbocycles. The largest absolute Gasteiger partial charge is 0.325 e. The van der Waals surface area contributed by atoms with E-state index in [-0.39, 0.29) is 12.2 Å². The Morgan fingerprint density at radius 3 is 2.47 bits per heavy atom. The molecule has 0 spiro atoms. The Morgan fingerprint density at radius 1 is 1.35 bits per heavy atom. The lowest BCUT2D eigenvalue weighted by Gasteiger charge is -2.27. The summed E-state index contributed by atoms with van der Waals surface area (Å²) in [6.07, 6.45) is 3.93. The minimum atomic E-state index is 0.0474. The van der Waals surface area contributed by atoms with Gasteiger partial charge in [0, 0.05) is 6.54 Å². The molecule has 0 radical (unpaired) electrons. The predicted octanol–water partition coefficient (Wildman–Crippen LogP) is 2.22. The van der Waals surface area contributed by atoms with E-state index in [1.54, 1.807) is 0 Å². The summed E-state index contributed by atoms with van der Waals surface area (Å²) in [5.41, 5.74) is 0. The van der Waals surface area contributed by atoms with Crippen molar-refractivity contribution in [2.24, 2.45) is 17.8 Å². The van der Waals surface area contributed by atoms with Gasteiger partial charge >= 0.3 is 0 Å². The van der Waals surface area contributed by atoms with E-state index in [0.29, 0.717) is 17.7 Å². The second-order valence-corrected chi connectivity index (χ2v) is 6.15. The monoisotopic (exact) mass is 238 g/mol. The van der Waals surface area contributed by atoms with E-state index in [1.807, 2.05) is 0 Å². The zero-order valence-electron chi connectivity index (χ0n) is 11.6. The highest BCUT2D eigenvalue weighted by atomic mass is 16.2. The number of hydrogen-bond acceptors (Lipinski definition) is 2. The van der Waals surface area contributed by atoms with Crippen LogP contribution in [0.2, 0.25) is 0 Å². The molecule has 2 rings (SSSR count). The second-order valence-electron chi connectivity index (χ2n) is 6.15. The van der Waals surface area contributed by atoms with Crippen LogP contribution in [0.4, 0.5) is 0 Å². The van der Waals surface area contributed by atoms with Gasteiger partial charge in [0.2, 0.25) is 5.91 Å². The topological polar surface area (TPSA) is 32.3 Å². The molecular weight excluding hydrogens is 212 g/mol. The third-order valence-corrected chi connectivity index (χ3v) is 4.23. The average molecular weight is 238 g/mol. The molecule has 0 aromatic carbocycles. The molecule has 1 heterocycles. The maximum Gasteiger partial charge on any atom is 0.241 e. The van der Waals surface area contributed by atoms with Crippen molar-refractivity contribution in [3.8, 4) is 0 Å². The number of carbonyl (C=O) groups is 1. The van der Waals surface area contributed by atoms with Gasteiger partial charge in [-0.15, -0.1) is 0 Å². The van der Waals surface area contributed by atoms with Gasteiger partial charge in [-0.1, -0.05) is 34.1 Å². The summed E-state index contributed by atoms with van der Waals surface area (Å²) in [5.74, 6) is 2.04. The van der Waals surface area contributed by atoms with Gasteiger partial charge < -0.3 is 4.90 Å². The van der Waals surface area contributed by atoms with Gasteiger partial charge in [0.25, 0.3) is 0 Å². The first-order valence-electron chi connectivity index (χ1n) is 7.11. The number of carbonyl (C=O) groups excluding carboxylic acids is 1. The minimum absolute atomic E-state index is 0.0474. The fraction of sp³-hybridized carbons (Fsp3) is 0.929. The summed E-state index contributed by atoms with van der Waals surface area (Å²) < 4.78 is 0. The standard InChI is InChI=1S/C14H26N2O/c1-5-10(4)12-14(17)16(8-11-6-7-11)13(15-12)9(2)3/h9-13,15H,5-8H2,1-4H3. The summed E-state index contributed by atoms with van der Waals surface area (Å²) >= 11 is 0. The SMILES string of the molecule is CCC(C)C1NC(C(C)C)N(CC2CC2)C1=O. The Kier molecular flexibility index (Phi) is 3.76. The molecule has 1 saturated heterocycles. The first-order valence-corrected chi connectivity index (χ1v) is 7.11. The van der Waals surface area contributed by atoms with Gasteiger partial charge in [-0.2, -0.15) is 0 Å². The number of nitrogens with zero attached hydrogens (tertiary/aromatic N) is 1. The van der Waals surface area contributed by atoms with Crippen molar-refractivity contribution in [2.45, 2.75) is 59.2 Å². The lowest BCUT2D eigenvalue weighted by Crippen LogP contribution is -2.42. The van der Waals surface area contributed by atoms with E-state index in [4.69, 9.17) is 0 Å². The fourth-order valence-electron chi connectivity index (χ4n) is 2.64. The van der Waals surface area contributed by atoms with Crippen LogP contribution in [0.3, 0.4) is 0 Å². The van der Waals surface area contributed by atoms with Crippen LogP contribution < -0.4 is 5.32 Å². The maximum atomic E-state index is 12.4. The van der Waals surface area contributed by atoms with Crippen LogP contribution in [0.15, 0.2) is 0 Å². The summed E-state index contributed by atoms with van der Waals surface area (Å²) in [5, 5.41) is 3.55. The van der Waals surface area contributed by atoms with Crippen LogP contribution in [0, 0.1) is 17.8 Å². The molecule has 3 unspecified atom stereocenters. The van der Waals surface area contributed by atoms with Gasteiger partial charge in [0.1, 0.15) is 0 Å². The molecule has 0 bridgehead atoms. The average Bonchev–Trinajstić information content (AvgIpc) is 3.04. The van der Waals surface area contributed by atoms with Crippen molar-refractivity contribution in [3.63, 3.8) is 0 Å². The van der Waals surface area contributed by atoms with Crippen molar-refractivity contribution in [3.05, 3.63) is 0 Å². The number of rotatable bonds is 5. The molecule has 1 N–H and O–H groups in total. The predicted molar refractivity (Wildman–Crippen MR) is 69.4 cm³/mol. The van der Waals surface area contributed by atoms with E-state index in [0.717, 1.165) is 18.9 Å². The maximum absolute atomic E-state index is 12.4. The molecule has 17 heavy (non-hydrogen) atoms. The third kappa shape index (κ3) is 2.65. The lowest BCUT2D eigenvalue weighted by molar-refractivity contribution is -0.131. The van der Waals surface area contributed by atoms with Gasteiger partial charge in [-0.3, -0.25) is 10.1 Å². The van der Waals surface area contributed by atoms with E-state index in [9.17, 15) is 4.79 Å². The molecular formula is C14H26N2O. The molecule has 3 atom stereocenters. The van der Waals surface area contributed by atoms with Gasteiger partial charge in [-0.25, -0.2) is 0 Å². The van der Waals surface area contributed by atoms with Crippen molar-refractivity contribution >= 4 is 5.91 Å². The Labute approximate surface area is 105 Å². The van der Waals surface area contributed by atoms with E-state index >= 15 is 0 Å². The molecule has 3 heteroatoms. The third-order valence-electron chi connectivity index (χ3n) is 4.23.